The second-order valence-corrected chi connectivity index (χ2v) is 10.8. The van der Waals surface area contributed by atoms with Crippen molar-refractivity contribution in [1.82, 2.24) is 14.5 Å². The molecule has 0 aliphatic carbocycles. The summed E-state index contributed by atoms with van der Waals surface area (Å²) in [6, 6.07) is 7.78. The predicted octanol–water partition coefficient (Wildman–Crippen LogP) is 1.95. The third kappa shape index (κ3) is 5.56. The van der Waals surface area contributed by atoms with E-state index >= 15 is 0 Å². The number of sulfonamides is 1. The maximum absolute atomic E-state index is 13.0. The summed E-state index contributed by atoms with van der Waals surface area (Å²) in [5.74, 6) is 0.102. The third-order valence-corrected chi connectivity index (χ3v) is 8.30. The van der Waals surface area contributed by atoms with Gasteiger partial charge in [0.2, 0.25) is 21.8 Å². The van der Waals surface area contributed by atoms with Gasteiger partial charge < -0.3 is 10.2 Å². The van der Waals surface area contributed by atoms with Crippen LogP contribution >= 0.6 is 11.8 Å². The highest BCUT2D eigenvalue weighted by molar-refractivity contribution is 7.98. The molecular formula is C21H31N3O4S2. The number of rotatable bonds is 8. The molecule has 2 atom stereocenters. The minimum absolute atomic E-state index is 0.0144. The van der Waals surface area contributed by atoms with Crippen molar-refractivity contribution >= 4 is 33.6 Å². The molecule has 9 heteroatoms. The molecule has 2 aliphatic heterocycles. The Morgan fingerprint density at radius 2 is 1.83 bits per heavy atom. The number of hydrogen-bond acceptors (Lipinski definition) is 5. The van der Waals surface area contributed by atoms with Crippen LogP contribution in [0.25, 0.3) is 0 Å². The minimum Gasteiger partial charge on any atom is -0.344 e. The first kappa shape index (κ1) is 23.1. The van der Waals surface area contributed by atoms with Crippen LogP contribution in [-0.4, -0.2) is 73.7 Å². The molecular weight excluding hydrogens is 422 g/mol. The minimum atomic E-state index is -3.63. The van der Waals surface area contributed by atoms with Crippen molar-refractivity contribution in [3.05, 3.63) is 30.3 Å². The lowest BCUT2D eigenvalue weighted by Crippen LogP contribution is -2.52. The molecule has 2 aliphatic rings. The Balaban J connectivity index is 1.66. The Kier molecular flexibility index (Phi) is 8.19. The van der Waals surface area contributed by atoms with Crippen molar-refractivity contribution < 1.29 is 18.0 Å². The van der Waals surface area contributed by atoms with Crippen LogP contribution < -0.4 is 5.32 Å². The number of hydrogen-bond donors (Lipinski definition) is 1. The van der Waals surface area contributed by atoms with Crippen LogP contribution in [0.5, 0.6) is 0 Å². The Morgan fingerprint density at radius 3 is 2.50 bits per heavy atom. The Hall–Kier alpha value is -1.58. The second-order valence-electron chi connectivity index (χ2n) is 7.89. The molecule has 3 rings (SSSR count). The van der Waals surface area contributed by atoms with Gasteiger partial charge in [-0.05, 0) is 56.2 Å². The first-order valence-electron chi connectivity index (χ1n) is 10.6. The van der Waals surface area contributed by atoms with Crippen LogP contribution in [0.3, 0.4) is 0 Å². The number of amides is 2. The molecule has 2 fully saturated rings. The van der Waals surface area contributed by atoms with E-state index in [9.17, 15) is 18.0 Å². The van der Waals surface area contributed by atoms with Gasteiger partial charge in [0, 0.05) is 26.2 Å². The van der Waals surface area contributed by atoms with Gasteiger partial charge in [0.15, 0.2) is 0 Å². The largest absolute Gasteiger partial charge is 0.344 e. The normalized spacial score (nSPS) is 21.4. The first-order valence-corrected chi connectivity index (χ1v) is 13.4. The lowest BCUT2D eigenvalue weighted by molar-refractivity contribution is -0.137. The molecule has 7 nitrogen and oxygen atoms in total. The summed E-state index contributed by atoms with van der Waals surface area (Å²) in [5, 5.41) is 2.95. The van der Waals surface area contributed by atoms with Crippen LogP contribution in [-0.2, 0) is 19.6 Å². The van der Waals surface area contributed by atoms with E-state index in [0.717, 1.165) is 31.7 Å². The van der Waals surface area contributed by atoms with E-state index in [1.165, 1.54) is 4.31 Å². The summed E-state index contributed by atoms with van der Waals surface area (Å²) in [4.78, 5) is 27.9. The Bertz CT molecular complexity index is 826. The molecule has 0 saturated carbocycles. The quantitative estimate of drug-likeness (QED) is 0.650. The maximum Gasteiger partial charge on any atom is 0.245 e. The number of benzene rings is 1. The van der Waals surface area contributed by atoms with Gasteiger partial charge in [0.1, 0.15) is 6.04 Å². The molecule has 0 radical (unpaired) electrons. The van der Waals surface area contributed by atoms with Gasteiger partial charge in [-0.25, -0.2) is 8.42 Å². The van der Waals surface area contributed by atoms with Crippen molar-refractivity contribution in [2.45, 2.75) is 43.0 Å². The molecule has 2 saturated heterocycles. The van der Waals surface area contributed by atoms with Crippen molar-refractivity contribution in [2.24, 2.45) is 5.92 Å². The summed E-state index contributed by atoms with van der Waals surface area (Å²) >= 11 is 1.64. The van der Waals surface area contributed by atoms with Crippen LogP contribution in [0, 0.1) is 5.92 Å². The van der Waals surface area contributed by atoms with Gasteiger partial charge in [-0.2, -0.15) is 16.1 Å². The van der Waals surface area contributed by atoms with E-state index in [4.69, 9.17) is 0 Å². The highest BCUT2D eigenvalue weighted by atomic mass is 32.2. The van der Waals surface area contributed by atoms with Gasteiger partial charge >= 0.3 is 0 Å². The number of likely N-dealkylation sites (tertiary alicyclic amines) is 1. The van der Waals surface area contributed by atoms with Crippen molar-refractivity contribution in [3.63, 3.8) is 0 Å². The summed E-state index contributed by atoms with van der Waals surface area (Å²) in [5.41, 5.74) is 0. The lowest BCUT2D eigenvalue weighted by atomic mass is 9.98. The van der Waals surface area contributed by atoms with Crippen LogP contribution in [0.2, 0.25) is 0 Å². The summed E-state index contributed by atoms with van der Waals surface area (Å²) in [7, 11) is -3.63. The van der Waals surface area contributed by atoms with E-state index in [0.29, 0.717) is 25.8 Å². The summed E-state index contributed by atoms with van der Waals surface area (Å²) in [6.07, 6.45) is 5.82. The zero-order valence-electron chi connectivity index (χ0n) is 17.5. The number of nitrogens with one attached hydrogen (secondary N) is 1. The predicted molar refractivity (Wildman–Crippen MR) is 119 cm³/mol. The molecule has 2 heterocycles. The fourth-order valence-electron chi connectivity index (χ4n) is 4.06. The molecule has 30 heavy (non-hydrogen) atoms. The van der Waals surface area contributed by atoms with E-state index in [1.54, 1.807) is 42.1 Å². The van der Waals surface area contributed by atoms with Crippen molar-refractivity contribution in [3.8, 4) is 0 Å². The highest BCUT2D eigenvalue weighted by Crippen LogP contribution is 2.24. The topological polar surface area (TPSA) is 86.8 Å². The molecule has 0 bridgehead atoms. The van der Waals surface area contributed by atoms with Gasteiger partial charge in [0.25, 0.3) is 0 Å². The van der Waals surface area contributed by atoms with E-state index in [-0.39, 0.29) is 23.3 Å². The number of piperidine rings is 1. The molecule has 0 aromatic heterocycles. The smallest absolute Gasteiger partial charge is 0.245 e. The molecule has 166 valence electrons. The zero-order chi connectivity index (χ0) is 21.6. The summed E-state index contributed by atoms with van der Waals surface area (Å²) in [6.45, 7) is 2.05. The van der Waals surface area contributed by atoms with Gasteiger partial charge in [-0.1, -0.05) is 18.2 Å². The maximum atomic E-state index is 13.0. The van der Waals surface area contributed by atoms with E-state index in [1.807, 2.05) is 11.2 Å². The fourth-order valence-corrected chi connectivity index (χ4v) is 6.07. The van der Waals surface area contributed by atoms with Crippen LogP contribution in [0.1, 0.15) is 32.1 Å². The SMILES string of the molecule is CSCCC(NC(=O)C1CCCN(S(=O)(=O)c2ccccc2)C1)C(=O)N1CCCC1. The summed E-state index contributed by atoms with van der Waals surface area (Å²) < 4.78 is 27.3. The number of thioether (sulfide) groups is 1. The molecule has 2 unspecified atom stereocenters. The third-order valence-electron chi connectivity index (χ3n) is 5.78. The fraction of sp³-hybridized carbons (Fsp3) is 0.619. The van der Waals surface area contributed by atoms with E-state index < -0.39 is 22.0 Å². The number of nitrogens with zero attached hydrogens (tertiary/aromatic N) is 2. The second kappa shape index (κ2) is 10.6. The van der Waals surface area contributed by atoms with Gasteiger partial charge in [-0.15, -0.1) is 0 Å². The van der Waals surface area contributed by atoms with Gasteiger partial charge in [-0.3, -0.25) is 9.59 Å². The van der Waals surface area contributed by atoms with Crippen LogP contribution in [0.15, 0.2) is 35.2 Å². The zero-order valence-corrected chi connectivity index (χ0v) is 19.1. The first-order chi connectivity index (χ1) is 14.4. The van der Waals surface area contributed by atoms with Crippen molar-refractivity contribution in [1.29, 1.82) is 0 Å². The lowest BCUT2D eigenvalue weighted by Gasteiger charge is -2.32. The average molecular weight is 454 g/mol. The standard InChI is InChI=1S/C21H31N3O4S2/c1-29-15-11-19(21(26)23-12-5-6-13-23)22-20(25)17-8-7-14-24(16-17)30(27,28)18-9-3-2-4-10-18/h2-4,9-10,17,19H,5-8,11-16H2,1H3,(H,22,25). The van der Waals surface area contributed by atoms with Crippen LogP contribution in [0.4, 0.5) is 0 Å². The van der Waals surface area contributed by atoms with Gasteiger partial charge in [0.05, 0.1) is 10.8 Å². The number of carbonyl (C=O) groups is 2. The molecule has 1 aromatic carbocycles. The van der Waals surface area contributed by atoms with Crippen molar-refractivity contribution in [2.75, 3.05) is 38.2 Å². The molecule has 1 aromatic rings. The highest BCUT2D eigenvalue weighted by Gasteiger charge is 2.35. The monoisotopic (exact) mass is 453 g/mol. The molecule has 2 amide bonds. The molecule has 1 N–H and O–H groups in total. The Labute approximate surface area is 183 Å². The molecule has 0 spiro atoms. The number of carbonyl (C=O) groups excluding carboxylic acids is 2. The average Bonchev–Trinajstić information content (AvgIpc) is 3.31. The van der Waals surface area contributed by atoms with E-state index in [2.05, 4.69) is 5.32 Å². The Morgan fingerprint density at radius 1 is 1.13 bits per heavy atom.